The molecule has 0 radical (unpaired) electrons. The van der Waals surface area contributed by atoms with E-state index in [0.29, 0.717) is 24.5 Å². The van der Waals surface area contributed by atoms with Crippen molar-refractivity contribution in [1.82, 2.24) is 10.2 Å². The molecular formula is C24H32N2O7. The minimum Gasteiger partial charge on any atom is -0.486 e. The molecule has 2 amide bonds. The van der Waals surface area contributed by atoms with Gasteiger partial charge in [0.05, 0.1) is 37.7 Å². The summed E-state index contributed by atoms with van der Waals surface area (Å²) in [6, 6.07) is 6.64. The number of fused-ring (bicyclic) bond motifs is 3. The molecule has 1 fully saturated rings. The molecular weight excluding hydrogens is 428 g/mol. The van der Waals surface area contributed by atoms with Gasteiger partial charge in [-0.2, -0.15) is 0 Å². The average molecular weight is 461 g/mol. The molecule has 0 saturated carbocycles. The summed E-state index contributed by atoms with van der Waals surface area (Å²) < 4.78 is 17.0. The molecule has 1 aromatic carbocycles. The van der Waals surface area contributed by atoms with E-state index in [-0.39, 0.29) is 44.1 Å². The maximum absolute atomic E-state index is 13.2. The van der Waals surface area contributed by atoms with E-state index in [2.05, 4.69) is 5.32 Å². The van der Waals surface area contributed by atoms with Crippen LogP contribution in [0.5, 0.6) is 5.75 Å². The fourth-order valence-electron chi connectivity index (χ4n) is 4.92. The molecule has 5 atom stereocenters. The summed E-state index contributed by atoms with van der Waals surface area (Å²) >= 11 is 0. The SMILES string of the molecule is COCCC(=O)N(C[C@H]1CCCO1)[C@@H]1C=C(C(=O)NCCO)[C@@H]2c3ccccc3O[C@@H]2[C@H]1O. The third-order valence-corrected chi connectivity index (χ3v) is 6.50. The van der Waals surface area contributed by atoms with E-state index in [1.807, 2.05) is 24.3 Å². The topological polar surface area (TPSA) is 118 Å². The predicted octanol–water partition coefficient (Wildman–Crippen LogP) is 0.353. The van der Waals surface area contributed by atoms with E-state index < -0.39 is 24.2 Å². The zero-order valence-corrected chi connectivity index (χ0v) is 18.8. The van der Waals surface area contributed by atoms with E-state index >= 15 is 0 Å². The normalized spacial score (nSPS) is 27.8. The van der Waals surface area contributed by atoms with Gasteiger partial charge in [0.15, 0.2) is 0 Å². The second kappa shape index (κ2) is 10.6. The van der Waals surface area contributed by atoms with E-state index in [1.54, 1.807) is 11.0 Å². The Balaban J connectivity index is 1.70. The molecule has 1 aliphatic carbocycles. The highest BCUT2D eigenvalue weighted by Gasteiger charge is 2.50. The van der Waals surface area contributed by atoms with Gasteiger partial charge >= 0.3 is 0 Å². The molecule has 1 saturated heterocycles. The van der Waals surface area contributed by atoms with Crippen LogP contribution in [0.2, 0.25) is 0 Å². The van der Waals surface area contributed by atoms with Crippen molar-refractivity contribution in [1.29, 1.82) is 0 Å². The molecule has 4 rings (SSSR count). The molecule has 3 N–H and O–H groups in total. The predicted molar refractivity (Wildman–Crippen MR) is 119 cm³/mol. The number of aliphatic hydroxyl groups is 2. The second-order valence-electron chi connectivity index (χ2n) is 8.60. The largest absolute Gasteiger partial charge is 0.486 e. The Morgan fingerprint density at radius 1 is 1.30 bits per heavy atom. The first kappa shape index (κ1) is 23.7. The van der Waals surface area contributed by atoms with Crippen molar-refractivity contribution in [3.8, 4) is 5.75 Å². The summed E-state index contributed by atoms with van der Waals surface area (Å²) in [4.78, 5) is 27.9. The lowest BCUT2D eigenvalue weighted by atomic mass is 9.77. The van der Waals surface area contributed by atoms with Crippen molar-refractivity contribution >= 4 is 11.8 Å². The van der Waals surface area contributed by atoms with Crippen LogP contribution in [0.25, 0.3) is 0 Å². The molecule has 1 aromatic rings. The smallest absolute Gasteiger partial charge is 0.247 e. The third-order valence-electron chi connectivity index (χ3n) is 6.50. The van der Waals surface area contributed by atoms with Crippen LogP contribution in [-0.2, 0) is 19.1 Å². The molecule has 2 heterocycles. The van der Waals surface area contributed by atoms with Crippen LogP contribution in [0.3, 0.4) is 0 Å². The zero-order chi connectivity index (χ0) is 23.4. The minimum atomic E-state index is -1.04. The molecule has 2 aliphatic heterocycles. The van der Waals surface area contributed by atoms with Crippen molar-refractivity contribution in [2.24, 2.45) is 0 Å². The van der Waals surface area contributed by atoms with Crippen LogP contribution < -0.4 is 10.1 Å². The average Bonchev–Trinajstić information content (AvgIpc) is 3.48. The second-order valence-corrected chi connectivity index (χ2v) is 8.60. The van der Waals surface area contributed by atoms with Crippen LogP contribution in [0, 0.1) is 0 Å². The van der Waals surface area contributed by atoms with Crippen molar-refractivity contribution in [2.45, 2.75) is 49.5 Å². The number of rotatable bonds is 9. The van der Waals surface area contributed by atoms with Crippen LogP contribution in [-0.4, -0.2) is 91.3 Å². The van der Waals surface area contributed by atoms with Crippen molar-refractivity contribution < 1.29 is 34.0 Å². The molecule has 180 valence electrons. The summed E-state index contributed by atoms with van der Waals surface area (Å²) in [5.41, 5.74) is 1.24. The van der Waals surface area contributed by atoms with Gasteiger partial charge in [0.2, 0.25) is 11.8 Å². The zero-order valence-electron chi connectivity index (χ0n) is 18.8. The van der Waals surface area contributed by atoms with E-state index in [1.165, 1.54) is 7.11 Å². The van der Waals surface area contributed by atoms with Gasteiger partial charge in [-0.3, -0.25) is 9.59 Å². The van der Waals surface area contributed by atoms with Crippen LogP contribution in [0.15, 0.2) is 35.9 Å². The fraction of sp³-hybridized carbons (Fsp3) is 0.583. The number of carbonyl (C=O) groups is 2. The van der Waals surface area contributed by atoms with Crippen molar-refractivity contribution in [3.63, 3.8) is 0 Å². The van der Waals surface area contributed by atoms with Crippen LogP contribution >= 0.6 is 0 Å². The van der Waals surface area contributed by atoms with Gasteiger partial charge in [-0.15, -0.1) is 0 Å². The summed E-state index contributed by atoms with van der Waals surface area (Å²) in [5, 5.41) is 23.3. The van der Waals surface area contributed by atoms with Crippen molar-refractivity contribution in [3.05, 3.63) is 41.5 Å². The Morgan fingerprint density at radius 3 is 2.85 bits per heavy atom. The first-order valence-electron chi connectivity index (χ1n) is 11.5. The maximum Gasteiger partial charge on any atom is 0.247 e. The number of ether oxygens (including phenoxy) is 3. The highest BCUT2D eigenvalue weighted by atomic mass is 16.5. The van der Waals surface area contributed by atoms with Gasteiger partial charge in [-0.1, -0.05) is 18.2 Å². The first-order valence-corrected chi connectivity index (χ1v) is 11.5. The Bertz CT molecular complexity index is 883. The summed E-state index contributed by atoms with van der Waals surface area (Å²) in [5.74, 6) is -0.386. The van der Waals surface area contributed by atoms with E-state index in [0.717, 1.165) is 18.4 Å². The summed E-state index contributed by atoms with van der Waals surface area (Å²) in [6.45, 7) is 1.14. The highest BCUT2D eigenvalue weighted by molar-refractivity contribution is 5.96. The molecule has 9 heteroatoms. The number of carbonyl (C=O) groups excluding carboxylic acids is 2. The molecule has 0 aromatic heterocycles. The van der Waals surface area contributed by atoms with E-state index in [9.17, 15) is 19.8 Å². The van der Waals surface area contributed by atoms with Crippen LogP contribution in [0.1, 0.15) is 30.7 Å². The molecule has 0 spiro atoms. The lowest BCUT2D eigenvalue weighted by Gasteiger charge is -2.41. The number of hydrogen-bond donors (Lipinski definition) is 3. The lowest BCUT2D eigenvalue weighted by Crippen LogP contribution is -2.57. The number of nitrogens with zero attached hydrogens (tertiary/aromatic N) is 1. The Morgan fingerprint density at radius 2 is 2.12 bits per heavy atom. The number of aliphatic hydroxyl groups excluding tert-OH is 2. The third kappa shape index (κ3) is 4.91. The Kier molecular flexibility index (Phi) is 7.64. The number of para-hydroxylation sites is 1. The quantitative estimate of drug-likeness (QED) is 0.487. The molecule has 0 unspecified atom stereocenters. The Labute approximate surface area is 193 Å². The highest BCUT2D eigenvalue weighted by Crippen LogP contribution is 2.47. The number of amides is 2. The Hall–Kier alpha value is -2.46. The van der Waals surface area contributed by atoms with Gasteiger partial charge in [0.1, 0.15) is 18.0 Å². The van der Waals surface area contributed by atoms with Crippen LogP contribution in [0.4, 0.5) is 0 Å². The van der Waals surface area contributed by atoms with E-state index in [4.69, 9.17) is 14.2 Å². The van der Waals surface area contributed by atoms with Gasteiger partial charge in [0, 0.05) is 37.9 Å². The molecule has 0 bridgehead atoms. The van der Waals surface area contributed by atoms with Gasteiger partial charge in [-0.25, -0.2) is 0 Å². The molecule has 9 nitrogen and oxygen atoms in total. The minimum absolute atomic E-state index is 0.107. The van der Waals surface area contributed by atoms with Gasteiger partial charge in [0.25, 0.3) is 0 Å². The number of hydrogen-bond acceptors (Lipinski definition) is 7. The lowest BCUT2D eigenvalue weighted by molar-refractivity contribution is -0.140. The number of benzene rings is 1. The van der Waals surface area contributed by atoms with Gasteiger partial charge < -0.3 is 34.6 Å². The molecule has 33 heavy (non-hydrogen) atoms. The fourth-order valence-corrected chi connectivity index (χ4v) is 4.92. The standard InChI is InChI=1S/C24H32N2O7/c1-31-12-8-20(28)26(14-15-5-4-11-32-15)18-13-17(24(30)25-9-10-27)21-16-6-2-3-7-19(16)33-23(21)22(18)29/h2-3,6-7,13,15,18,21-23,27,29H,4-5,8-12,14H2,1H3,(H,25,30)/t15-,18-,21+,22+,23+/m1/s1. The van der Waals surface area contributed by atoms with Gasteiger partial charge in [-0.05, 0) is 25.0 Å². The number of methoxy groups -OCH3 is 1. The monoisotopic (exact) mass is 460 g/mol. The maximum atomic E-state index is 13.2. The van der Waals surface area contributed by atoms with Crippen molar-refractivity contribution in [2.75, 3.05) is 40.0 Å². The summed E-state index contributed by atoms with van der Waals surface area (Å²) in [7, 11) is 1.53. The number of nitrogens with one attached hydrogen (secondary N) is 1. The summed E-state index contributed by atoms with van der Waals surface area (Å²) in [6.07, 6.45) is 1.72. The molecule has 3 aliphatic rings. The first-order chi connectivity index (χ1) is 16.0.